The van der Waals surface area contributed by atoms with Crippen molar-refractivity contribution in [3.63, 3.8) is 0 Å². The van der Waals surface area contributed by atoms with E-state index in [9.17, 15) is 9.90 Å². The van der Waals surface area contributed by atoms with Crippen molar-refractivity contribution < 1.29 is 28.0 Å². The van der Waals surface area contributed by atoms with Gasteiger partial charge in [0.15, 0.2) is 11.5 Å². The Morgan fingerprint density at radius 2 is 2.13 bits per heavy atom. The molecule has 0 spiro atoms. The van der Waals surface area contributed by atoms with E-state index in [2.05, 4.69) is 5.11 Å². The summed E-state index contributed by atoms with van der Waals surface area (Å²) in [5.41, 5.74) is 4.81. The molecule has 0 amide bonds. The number of nitrogens with two attached hydrogens (primary N) is 1. The van der Waals surface area contributed by atoms with Crippen molar-refractivity contribution in [2.24, 2.45) is 5.73 Å². The zero-order valence-electron chi connectivity index (χ0n) is 10.5. The van der Waals surface area contributed by atoms with Gasteiger partial charge in [-0.15, -0.1) is 0 Å². The van der Waals surface area contributed by atoms with Gasteiger partial charge in [-0.25, -0.2) is 0 Å². The van der Waals surface area contributed by atoms with Crippen LogP contribution < -0.4 is 5.73 Å². The lowest BCUT2D eigenvalue weighted by Crippen LogP contribution is -2.36. The zero-order chi connectivity index (χ0) is 14.1. The predicted molar refractivity (Wildman–Crippen MR) is 50.3 cm³/mol. The van der Waals surface area contributed by atoms with Crippen LogP contribution in [0.25, 0.3) is 0 Å². The standard InChI is InChI=1S/C9H11NO5/c10-7(9(14)15)8(13)4-1-2-5(11)6(12)3-4/h1-3,7-8,11-13H,10H2,(H,14,15)/t7-,8+/m0/s1/i7D,8D,13D. The van der Waals surface area contributed by atoms with Crippen LogP contribution in [0.1, 0.15) is 14.4 Å². The molecular weight excluding hydrogens is 202 g/mol. The van der Waals surface area contributed by atoms with Crippen LogP contribution in [0, 0.1) is 0 Å². The summed E-state index contributed by atoms with van der Waals surface area (Å²) in [6, 6.07) is -0.186. The molecule has 0 saturated carbocycles. The van der Waals surface area contributed by atoms with Crippen molar-refractivity contribution in [2.45, 2.75) is 12.1 Å². The molecule has 6 heteroatoms. The summed E-state index contributed by atoms with van der Waals surface area (Å²) in [6.07, 6.45) is -2.77. The third kappa shape index (κ3) is 2.36. The lowest BCUT2D eigenvalue weighted by Gasteiger charge is -2.15. The fourth-order valence-corrected chi connectivity index (χ4v) is 0.917. The number of hydrogen-bond acceptors (Lipinski definition) is 5. The summed E-state index contributed by atoms with van der Waals surface area (Å²) in [6.45, 7) is 0. The zero-order valence-corrected chi connectivity index (χ0v) is 7.47. The maximum absolute atomic E-state index is 10.8. The first-order valence-electron chi connectivity index (χ1n) is 5.26. The van der Waals surface area contributed by atoms with Gasteiger partial charge in [-0.2, -0.15) is 0 Å². The van der Waals surface area contributed by atoms with Gasteiger partial charge in [-0.1, -0.05) is 6.07 Å². The predicted octanol–water partition coefficient (Wildman–Crippen LogP) is -0.457. The van der Waals surface area contributed by atoms with Crippen molar-refractivity contribution >= 4 is 5.97 Å². The molecule has 0 saturated heterocycles. The van der Waals surface area contributed by atoms with E-state index < -0.39 is 29.6 Å². The number of carbonyl (C=O) groups is 1. The van der Waals surface area contributed by atoms with Crippen LogP contribution in [-0.2, 0) is 4.79 Å². The van der Waals surface area contributed by atoms with Crippen molar-refractivity contribution in [1.29, 1.82) is 1.43 Å². The van der Waals surface area contributed by atoms with E-state index in [1.165, 1.54) is 0 Å². The molecule has 0 aliphatic heterocycles. The fraction of sp³-hybridized carbons (Fsp3) is 0.222. The number of benzene rings is 1. The van der Waals surface area contributed by atoms with Crippen molar-refractivity contribution in [2.75, 3.05) is 0 Å². The summed E-state index contributed by atoms with van der Waals surface area (Å²) in [4.78, 5) is 10.8. The molecule has 0 aromatic heterocycles. The molecule has 0 heterocycles. The average molecular weight is 216 g/mol. The minimum atomic E-state index is -2.97. The Labute approximate surface area is 89.5 Å². The average Bonchev–Trinajstić information content (AvgIpc) is 2.31. The third-order valence-corrected chi connectivity index (χ3v) is 1.71. The molecule has 0 bridgehead atoms. The Bertz CT molecular complexity index is 481. The lowest BCUT2D eigenvalue weighted by atomic mass is 10.0. The molecule has 82 valence electrons. The van der Waals surface area contributed by atoms with Crippen molar-refractivity contribution in [3.05, 3.63) is 23.8 Å². The van der Waals surface area contributed by atoms with Gasteiger partial charge in [0.1, 0.15) is 12.1 Å². The molecule has 2 atom stereocenters. The second-order valence-corrected chi connectivity index (χ2v) is 2.75. The van der Waals surface area contributed by atoms with Crippen LogP contribution in [0.2, 0.25) is 0 Å². The molecule has 6 nitrogen and oxygen atoms in total. The topological polar surface area (TPSA) is 124 Å². The Kier molecular flexibility index (Phi) is 2.08. The van der Waals surface area contributed by atoms with Gasteiger partial charge in [0.05, 0.1) is 2.74 Å². The molecule has 0 fully saturated rings. The first kappa shape index (κ1) is 7.49. The normalized spacial score (nSPS) is 21.5. The van der Waals surface area contributed by atoms with Crippen LogP contribution in [0.3, 0.4) is 0 Å². The van der Waals surface area contributed by atoms with Crippen LogP contribution >= 0.6 is 0 Å². The quantitative estimate of drug-likeness (QED) is 0.434. The minimum Gasteiger partial charge on any atom is -0.504 e. The highest BCUT2D eigenvalue weighted by Crippen LogP contribution is 2.28. The Morgan fingerprint density at radius 1 is 1.47 bits per heavy atom. The molecule has 1 aromatic carbocycles. The van der Waals surface area contributed by atoms with Gasteiger partial charge >= 0.3 is 5.97 Å². The van der Waals surface area contributed by atoms with E-state index in [1.807, 2.05) is 0 Å². The Hall–Kier alpha value is -1.79. The maximum Gasteiger partial charge on any atom is 0.323 e. The van der Waals surface area contributed by atoms with E-state index in [1.54, 1.807) is 0 Å². The fourth-order valence-electron chi connectivity index (χ4n) is 0.917. The van der Waals surface area contributed by atoms with E-state index in [4.69, 9.17) is 20.1 Å². The van der Waals surface area contributed by atoms with E-state index in [0.29, 0.717) is 0 Å². The number of phenols is 2. The molecule has 0 aliphatic rings. The number of carboxylic acid groups (broad SMARTS) is 1. The Morgan fingerprint density at radius 3 is 2.60 bits per heavy atom. The minimum absolute atomic E-state index is 0.354. The number of carboxylic acids is 1. The highest BCUT2D eigenvalue weighted by atomic mass is 16.4. The summed E-state index contributed by atoms with van der Waals surface area (Å²) >= 11 is 0. The number of aromatic hydroxyl groups is 2. The summed E-state index contributed by atoms with van der Waals surface area (Å²) in [5.74, 6) is -3.03. The van der Waals surface area contributed by atoms with Crippen LogP contribution in [0.15, 0.2) is 18.2 Å². The summed E-state index contributed by atoms with van der Waals surface area (Å²) < 4.78 is 21.9. The summed E-state index contributed by atoms with van der Waals surface area (Å²) in [5, 5.41) is 31.1. The van der Waals surface area contributed by atoms with Crippen molar-refractivity contribution in [3.8, 4) is 11.5 Å². The number of aliphatic hydroxyl groups is 1. The first-order chi connectivity index (χ1) is 8.16. The molecule has 1 rings (SSSR count). The SMILES string of the molecule is [2H]O[C@]([2H])(c1ccc(O)c(O)c1)[C@]([2H])(N)C(=O)O. The molecule has 6 N–H and O–H groups in total. The van der Waals surface area contributed by atoms with Crippen LogP contribution in [-0.4, -0.2) is 33.8 Å². The molecular formula is C9H11NO5. The highest BCUT2D eigenvalue weighted by Gasteiger charge is 2.24. The van der Waals surface area contributed by atoms with Gasteiger partial charge in [0, 0.05) is 0 Å². The number of rotatable bonds is 4. The number of hydrogen-bond donors (Lipinski definition) is 5. The smallest absolute Gasteiger partial charge is 0.323 e. The second kappa shape index (κ2) is 4.16. The van der Waals surface area contributed by atoms with Gasteiger partial charge in [0.25, 0.3) is 0 Å². The van der Waals surface area contributed by atoms with Crippen LogP contribution in [0.5, 0.6) is 11.5 Å². The van der Waals surface area contributed by atoms with E-state index in [-0.39, 0.29) is 5.56 Å². The third-order valence-electron chi connectivity index (χ3n) is 1.71. The van der Waals surface area contributed by atoms with Gasteiger partial charge in [-0.3, -0.25) is 4.79 Å². The molecule has 0 unspecified atom stereocenters. The number of aliphatic carboxylic acids is 1. The molecule has 0 aliphatic carbocycles. The van der Waals surface area contributed by atoms with Crippen LogP contribution in [0.4, 0.5) is 0 Å². The molecule has 0 radical (unpaired) electrons. The van der Waals surface area contributed by atoms with E-state index in [0.717, 1.165) is 18.2 Å². The van der Waals surface area contributed by atoms with Gasteiger partial charge in [-0.05, 0) is 17.7 Å². The second-order valence-electron chi connectivity index (χ2n) is 2.75. The van der Waals surface area contributed by atoms with Gasteiger partial charge in [0.2, 0.25) is 1.43 Å². The van der Waals surface area contributed by atoms with Crippen molar-refractivity contribution in [1.82, 2.24) is 0 Å². The largest absolute Gasteiger partial charge is 0.504 e. The monoisotopic (exact) mass is 216 g/mol. The lowest BCUT2D eigenvalue weighted by molar-refractivity contribution is -0.141. The Balaban J connectivity index is 3.39. The summed E-state index contributed by atoms with van der Waals surface area (Å²) in [7, 11) is 0. The first-order valence-corrected chi connectivity index (χ1v) is 3.86. The number of phenolic OH excluding ortho intramolecular Hbond substituents is 2. The maximum atomic E-state index is 10.8. The van der Waals surface area contributed by atoms with E-state index >= 15 is 0 Å². The molecule has 1 aromatic rings. The molecule has 15 heavy (non-hydrogen) atoms. The van der Waals surface area contributed by atoms with Gasteiger partial charge < -0.3 is 26.2 Å². The highest BCUT2D eigenvalue weighted by molar-refractivity contribution is 5.74.